The monoisotopic (exact) mass is 602 g/mol. The molecule has 1 aromatic carbocycles. The third-order valence-corrected chi connectivity index (χ3v) is 8.00. The van der Waals surface area contributed by atoms with Crippen LogP contribution < -0.4 is 4.73 Å². The fourth-order valence-corrected chi connectivity index (χ4v) is 6.47. The second-order valence-electron chi connectivity index (χ2n) is 8.81. The molecule has 1 unspecified atom stereocenters. The molecule has 1 amide bonds. The van der Waals surface area contributed by atoms with E-state index in [1.54, 1.807) is 24.5 Å². The summed E-state index contributed by atoms with van der Waals surface area (Å²) in [6.45, 7) is 1.43. The molecule has 2 aliphatic rings. The fourth-order valence-electron chi connectivity index (χ4n) is 5.04. The van der Waals surface area contributed by atoms with Gasteiger partial charge < -0.3 is 4.90 Å². The number of likely N-dealkylation sites (tertiary alicyclic amines) is 1. The lowest BCUT2D eigenvalue weighted by molar-refractivity contribution is -0.904. The molecular weight excluding hydrogens is 582 g/mol. The molecule has 5 rings (SSSR count). The predicted octanol–water partition coefficient (Wildman–Crippen LogP) is 5.88. The molecule has 1 aliphatic heterocycles. The molecule has 3 aromatic rings. The molecule has 8 heteroatoms. The topological polar surface area (TPSA) is 57.3 Å². The van der Waals surface area contributed by atoms with E-state index in [2.05, 4.69) is 50.1 Å². The minimum Gasteiger partial charge on any atom is -0.342 e. The zero-order valence-corrected chi connectivity index (χ0v) is 22.2. The van der Waals surface area contributed by atoms with Crippen LogP contribution in [-0.2, 0) is 11.2 Å². The van der Waals surface area contributed by atoms with Gasteiger partial charge in [-0.25, -0.2) is 0 Å². The number of hydrogen-bond acceptors (Lipinski definition) is 3. The molecule has 174 valence electrons. The van der Waals surface area contributed by atoms with E-state index in [0.29, 0.717) is 30.5 Å². The molecule has 1 N–H and O–H groups in total. The first-order valence-corrected chi connectivity index (χ1v) is 13.1. The fraction of sp³-hybridized carbons (Fsp3) is 0.269. The van der Waals surface area contributed by atoms with Crippen LogP contribution in [0.2, 0.25) is 5.02 Å². The van der Waals surface area contributed by atoms with Crippen LogP contribution in [0, 0.1) is 5.92 Å². The van der Waals surface area contributed by atoms with E-state index in [9.17, 15) is 10.0 Å². The van der Waals surface area contributed by atoms with Gasteiger partial charge in [-0.15, -0.1) is 0 Å². The second-order valence-corrected chi connectivity index (χ2v) is 11.0. The van der Waals surface area contributed by atoms with E-state index >= 15 is 0 Å². The number of carbonyl (C=O) groups is 1. The van der Waals surface area contributed by atoms with E-state index in [-0.39, 0.29) is 11.8 Å². The van der Waals surface area contributed by atoms with Gasteiger partial charge in [0.2, 0.25) is 18.3 Å². The molecule has 1 atom stereocenters. The summed E-state index contributed by atoms with van der Waals surface area (Å²) in [7, 11) is 0. The highest BCUT2D eigenvalue weighted by Gasteiger charge is 2.35. The number of benzene rings is 1. The van der Waals surface area contributed by atoms with Crippen molar-refractivity contribution in [2.45, 2.75) is 25.2 Å². The standard InChI is InChI=1S/C26H23Br2ClN3O2/c27-20-12-19-2-1-18-13-21(29)14-22(28)24(18)25(26(19)30-15-20)17-5-7-31(8-6-17)23(33)11-16-3-9-32(34)10-4-16/h1-4,9-10,12-15,17,25,34H,5-8,11H2/q+1. The van der Waals surface area contributed by atoms with Crippen LogP contribution in [0.3, 0.4) is 0 Å². The maximum Gasteiger partial charge on any atom is 0.226 e. The van der Waals surface area contributed by atoms with Crippen molar-refractivity contribution < 1.29 is 14.7 Å². The summed E-state index contributed by atoms with van der Waals surface area (Å²) in [5, 5.41) is 10.1. The maximum absolute atomic E-state index is 12.9. The van der Waals surface area contributed by atoms with Crippen molar-refractivity contribution in [1.29, 1.82) is 0 Å². The molecule has 1 fully saturated rings. The van der Waals surface area contributed by atoms with Gasteiger partial charge in [-0.3, -0.25) is 15.0 Å². The SMILES string of the molecule is O=C(Cc1cc[n+](O)cc1)N1CCC(C2c3ncc(Br)cc3C=Cc3cc(Cl)cc(Br)c32)CC1. The lowest BCUT2D eigenvalue weighted by atomic mass is 9.76. The molecule has 0 spiro atoms. The Morgan fingerprint density at radius 2 is 1.82 bits per heavy atom. The van der Waals surface area contributed by atoms with E-state index in [0.717, 1.165) is 48.9 Å². The van der Waals surface area contributed by atoms with Crippen LogP contribution in [0.4, 0.5) is 0 Å². The van der Waals surface area contributed by atoms with Gasteiger partial charge in [-0.2, -0.15) is 0 Å². The molecule has 0 bridgehead atoms. The highest BCUT2D eigenvalue weighted by molar-refractivity contribution is 9.10. The molecule has 34 heavy (non-hydrogen) atoms. The highest BCUT2D eigenvalue weighted by Crippen LogP contribution is 2.46. The van der Waals surface area contributed by atoms with Gasteiger partial charge in [0.15, 0.2) is 0 Å². The van der Waals surface area contributed by atoms with Crippen LogP contribution in [0.5, 0.6) is 0 Å². The quantitative estimate of drug-likeness (QED) is 0.300. The summed E-state index contributed by atoms with van der Waals surface area (Å²) in [6.07, 6.45) is 11.3. The number of carbonyl (C=O) groups excluding carboxylic acids is 1. The number of piperidine rings is 1. The number of amides is 1. The Labute approximate surface area is 220 Å². The van der Waals surface area contributed by atoms with E-state index in [1.807, 2.05) is 23.2 Å². The largest absolute Gasteiger partial charge is 0.342 e. The van der Waals surface area contributed by atoms with E-state index in [1.165, 1.54) is 5.56 Å². The van der Waals surface area contributed by atoms with Crippen LogP contribution >= 0.6 is 43.5 Å². The lowest BCUT2D eigenvalue weighted by Gasteiger charge is -2.37. The smallest absolute Gasteiger partial charge is 0.226 e. The summed E-state index contributed by atoms with van der Waals surface area (Å²) < 4.78 is 2.92. The van der Waals surface area contributed by atoms with Gasteiger partial charge >= 0.3 is 0 Å². The van der Waals surface area contributed by atoms with Crippen molar-refractivity contribution in [3.8, 4) is 0 Å². The number of pyridine rings is 2. The van der Waals surface area contributed by atoms with Gasteiger partial charge in [0.1, 0.15) is 0 Å². The van der Waals surface area contributed by atoms with Crippen molar-refractivity contribution in [2.75, 3.05) is 13.1 Å². The predicted molar refractivity (Wildman–Crippen MR) is 139 cm³/mol. The number of hydrogen-bond donors (Lipinski definition) is 1. The van der Waals surface area contributed by atoms with E-state index < -0.39 is 0 Å². The molecule has 0 saturated carbocycles. The van der Waals surface area contributed by atoms with Crippen LogP contribution in [0.1, 0.15) is 46.7 Å². The zero-order chi connectivity index (χ0) is 23.8. The molecule has 3 heterocycles. The molecule has 5 nitrogen and oxygen atoms in total. The van der Waals surface area contributed by atoms with Crippen LogP contribution in [0.15, 0.2) is 57.9 Å². The van der Waals surface area contributed by atoms with Gasteiger partial charge in [0.25, 0.3) is 0 Å². The van der Waals surface area contributed by atoms with Gasteiger partial charge in [-0.1, -0.05) is 39.7 Å². The number of rotatable bonds is 3. The lowest BCUT2D eigenvalue weighted by Crippen LogP contribution is -2.41. The first-order valence-electron chi connectivity index (χ1n) is 11.2. The van der Waals surface area contributed by atoms with E-state index in [4.69, 9.17) is 16.6 Å². The highest BCUT2D eigenvalue weighted by atomic mass is 79.9. The number of fused-ring (bicyclic) bond motifs is 2. The number of nitrogens with zero attached hydrogens (tertiary/aromatic N) is 3. The van der Waals surface area contributed by atoms with Gasteiger partial charge in [0.05, 0.1) is 12.1 Å². The normalized spacial score (nSPS) is 17.7. The Balaban J connectivity index is 1.40. The molecule has 1 saturated heterocycles. The van der Waals surface area contributed by atoms with Crippen molar-refractivity contribution >= 4 is 61.5 Å². The molecule has 2 aromatic heterocycles. The first-order chi connectivity index (χ1) is 16.4. The van der Waals surface area contributed by atoms with Crippen molar-refractivity contribution in [1.82, 2.24) is 9.88 Å². The minimum atomic E-state index is 0.103. The van der Waals surface area contributed by atoms with Gasteiger partial charge in [0, 0.05) is 56.0 Å². The summed E-state index contributed by atoms with van der Waals surface area (Å²) in [6, 6.07) is 9.62. The Morgan fingerprint density at radius 1 is 1.12 bits per heavy atom. The Hall–Kier alpha value is -2.22. The Morgan fingerprint density at radius 3 is 2.56 bits per heavy atom. The van der Waals surface area contributed by atoms with Gasteiger partial charge in [-0.05, 0) is 75.1 Å². The summed E-state index contributed by atoms with van der Waals surface area (Å²) >= 11 is 13.7. The maximum atomic E-state index is 12.9. The third-order valence-electron chi connectivity index (χ3n) is 6.69. The summed E-state index contributed by atoms with van der Waals surface area (Å²) in [5.41, 5.74) is 5.36. The average molecular weight is 605 g/mol. The first kappa shape index (κ1) is 23.5. The number of aromatic nitrogens is 2. The molecule has 0 radical (unpaired) electrons. The van der Waals surface area contributed by atoms with Crippen molar-refractivity contribution in [2.24, 2.45) is 5.92 Å². The summed E-state index contributed by atoms with van der Waals surface area (Å²) in [5.74, 6) is 0.566. The van der Waals surface area contributed by atoms with Crippen molar-refractivity contribution in [3.63, 3.8) is 0 Å². The molecular formula is C26H23Br2ClN3O2+. The summed E-state index contributed by atoms with van der Waals surface area (Å²) in [4.78, 5) is 19.7. The number of halogens is 3. The second kappa shape index (κ2) is 9.80. The average Bonchev–Trinajstić information content (AvgIpc) is 2.97. The van der Waals surface area contributed by atoms with Crippen LogP contribution in [-0.4, -0.2) is 34.1 Å². The molecule has 1 aliphatic carbocycles. The minimum absolute atomic E-state index is 0.103. The third kappa shape index (κ3) is 4.79. The Bertz CT molecular complexity index is 1270. The van der Waals surface area contributed by atoms with Crippen LogP contribution in [0.25, 0.3) is 12.2 Å². The zero-order valence-electron chi connectivity index (χ0n) is 18.3. The van der Waals surface area contributed by atoms with Crippen molar-refractivity contribution in [3.05, 3.63) is 90.8 Å². The Kier molecular flexibility index (Phi) is 6.78.